The van der Waals surface area contributed by atoms with Gasteiger partial charge in [0.05, 0.1) is 5.56 Å². The summed E-state index contributed by atoms with van der Waals surface area (Å²) in [5, 5.41) is 12.7. The maximum Gasteiger partial charge on any atom is 0.357 e. The van der Waals surface area contributed by atoms with Crippen LogP contribution in [0.25, 0.3) is 0 Å². The second-order valence-corrected chi connectivity index (χ2v) is 3.38. The number of aromatic nitrogens is 2. The second kappa shape index (κ2) is 12.5. The molecule has 0 aliphatic heterocycles. The van der Waals surface area contributed by atoms with Crippen molar-refractivity contribution in [1.82, 2.24) is 9.78 Å². The van der Waals surface area contributed by atoms with Crippen LogP contribution in [-0.2, 0) is 13.5 Å². The van der Waals surface area contributed by atoms with E-state index in [-0.39, 0.29) is 11.5 Å². The number of hydrogen-bond donors (Lipinski definition) is 1. The molecular formula is C13H22I2N2O3. The first-order valence-corrected chi connectivity index (χ1v) is 12.9. The van der Waals surface area contributed by atoms with Crippen molar-refractivity contribution in [3.63, 3.8) is 0 Å². The van der Waals surface area contributed by atoms with Crippen molar-refractivity contribution in [2.75, 3.05) is 0 Å². The molecule has 0 fully saturated rings. The molecule has 0 spiro atoms. The lowest BCUT2D eigenvalue weighted by molar-refractivity contribution is 0.0684. The highest BCUT2D eigenvalue weighted by atomic mass is 128. The highest BCUT2D eigenvalue weighted by Gasteiger charge is 2.28. The van der Waals surface area contributed by atoms with Crippen LogP contribution in [0.4, 0.5) is 0 Å². The average molecular weight is 508 g/mol. The molecule has 1 aliphatic carbocycles. The summed E-state index contributed by atoms with van der Waals surface area (Å²) in [5.74, 6) is -1.23. The third kappa shape index (κ3) is 5.66. The zero-order chi connectivity index (χ0) is 16.3. The Bertz CT molecular complexity index is 431. The van der Waals surface area contributed by atoms with Gasteiger partial charge in [-0.25, -0.2) is 4.79 Å². The van der Waals surface area contributed by atoms with Gasteiger partial charge in [-0.3, -0.25) is 9.48 Å². The van der Waals surface area contributed by atoms with E-state index in [9.17, 15) is 9.59 Å². The summed E-state index contributed by atoms with van der Waals surface area (Å²) in [5.41, 5.74) is 0.956. The Kier molecular flexibility index (Phi) is 13.9. The standard InChI is InChI=1S/C9H10N2O3.2C2H6.I2/c1-11-5-3-2-4-6(12)7(5)8(10-11)9(13)14;3*1-2/h2-4H2,1H3,(H,13,14);2*1-2H3;. The Morgan fingerprint density at radius 1 is 1.20 bits per heavy atom. The Morgan fingerprint density at radius 2 is 1.70 bits per heavy atom. The average Bonchev–Trinajstić information content (AvgIpc) is 2.85. The van der Waals surface area contributed by atoms with E-state index in [0.29, 0.717) is 12.0 Å². The number of carbonyl (C=O) groups is 2. The van der Waals surface area contributed by atoms with Gasteiger partial charge in [0.1, 0.15) is 0 Å². The number of aromatic carboxylic acids is 1. The summed E-state index contributed by atoms with van der Waals surface area (Å²) in [6.07, 6.45) is 1.95. The van der Waals surface area contributed by atoms with Gasteiger partial charge in [-0.05, 0) is 12.8 Å². The maximum atomic E-state index is 11.5. The molecule has 0 bridgehead atoms. The topological polar surface area (TPSA) is 72.2 Å². The number of fused-ring (bicyclic) bond motifs is 1. The van der Waals surface area contributed by atoms with Gasteiger partial charge >= 0.3 is 5.97 Å². The highest BCUT2D eigenvalue weighted by Crippen LogP contribution is 2.23. The van der Waals surface area contributed by atoms with E-state index in [1.807, 2.05) is 27.7 Å². The number of rotatable bonds is 1. The van der Waals surface area contributed by atoms with Gasteiger partial charge in [0, 0.05) is 56.4 Å². The monoisotopic (exact) mass is 508 g/mol. The molecule has 20 heavy (non-hydrogen) atoms. The lowest BCUT2D eigenvalue weighted by Gasteiger charge is -2.10. The number of nitrogens with zero attached hydrogens (tertiary/aromatic N) is 2. The molecule has 116 valence electrons. The number of carbonyl (C=O) groups excluding carboxylic acids is 1. The first-order chi connectivity index (χ1) is 9.61. The smallest absolute Gasteiger partial charge is 0.357 e. The van der Waals surface area contributed by atoms with Crippen LogP contribution < -0.4 is 0 Å². The number of halogens is 2. The molecular weight excluding hydrogens is 486 g/mol. The first kappa shape index (κ1) is 22.1. The van der Waals surface area contributed by atoms with Crippen LogP contribution in [0.2, 0.25) is 0 Å². The predicted octanol–water partition coefficient (Wildman–Crippen LogP) is 4.46. The molecule has 0 amide bonds. The van der Waals surface area contributed by atoms with Crippen molar-refractivity contribution < 1.29 is 14.7 Å². The van der Waals surface area contributed by atoms with Gasteiger partial charge in [0.15, 0.2) is 11.5 Å². The van der Waals surface area contributed by atoms with Crippen LogP contribution in [0.15, 0.2) is 0 Å². The van der Waals surface area contributed by atoms with Crippen molar-refractivity contribution in [2.45, 2.75) is 47.0 Å². The van der Waals surface area contributed by atoms with Gasteiger partial charge < -0.3 is 5.11 Å². The molecule has 0 aromatic carbocycles. The normalized spacial score (nSPS) is 11.7. The van der Waals surface area contributed by atoms with Crippen LogP contribution in [-0.4, -0.2) is 26.6 Å². The number of ketones is 1. The van der Waals surface area contributed by atoms with Crippen molar-refractivity contribution in [3.8, 4) is 0 Å². The number of carboxylic acid groups (broad SMARTS) is 1. The summed E-state index contributed by atoms with van der Waals surface area (Å²) < 4.78 is 1.50. The molecule has 0 atom stereocenters. The molecule has 1 aromatic rings. The largest absolute Gasteiger partial charge is 0.476 e. The Labute approximate surface area is 143 Å². The molecule has 1 heterocycles. The molecule has 0 unspecified atom stereocenters. The van der Waals surface area contributed by atoms with Crippen LogP contribution in [0, 0.1) is 0 Å². The summed E-state index contributed by atoms with van der Waals surface area (Å²) in [6.45, 7) is 8.00. The molecule has 7 heteroatoms. The Hall–Kier alpha value is -0.190. The second-order valence-electron chi connectivity index (χ2n) is 3.38. The fraction of sp³-hybridized carbons (Fsp3) is 0.615. The molecule has 0 saturated carbocycles. The third-order valence-electron chi connectivity index (χ3n) is 2.46. The molecule has 0 radical (unpaired) electrons. The zero-order valence-corrected chi connectivity index (χ0v) is 16.9. The van der Waals surface area contributed by atoms with Crippen molar-refractivity contribution in [3.05, 3.63) is 17.0 Å². The molecule has 1 aliphatic rings. The minimum atomic E-state index is -1.13. The van der Waals surface area contributed by atoms with Gasteiger partial charge in [0.25, 0.3) is 0 Å². The highest BCUT2D eigenvalue weighted by molar-refractivity contribution is 15.0. The summed E-state index contributed by atoms with van der Waals surface area (Å²) >= 11 is 4.24. The van der Waals surface area contributed by atoms with Gasteiger partial charge in [0.2, 0.25) is 0 Å². The summed E-state index contributed by atoms with van der Waals surface area (Å²) in [4.78, 5) is 22.3. The van der Waals surface area contributed by atoms with E-state index >= 15 is 0 Å². The van der Waals surface area contributed by atoms with Gasteiger partial charge in [-0.15, -0.1) is 0 Å². The molecule has 1 aromatic heterocycles. The fourth-order valence-electron chi connectivity index (χ4n) is 1.83. The lowest BCUT2D eigenvalue weighted by atomic mass is 9.94. The first-order valence-electron chi connectivity index (χ1n) is 6.58. The lowest BCUT2D eigenvalue weighted by Crippen LogP contribution is -2.14. The van der Waals surface area contributed by atoms with Gasteiger partial charge in [-0.2, -0.15) is 5.10 Å². The fourth-order valence-corrected chi connectivity index (χ4v) is 1.83. The number of Topliss-reactive ketones (excluding diaryl/α,β-unsaturated/α-hetero) is 1. The minimum absolute atomic E-state index is 0.100. The van der Waals surface area contributed by atoms with E-state index in [1.54, 1.807) is 7.05 Å². The third-order valence-corrected chi connectivity index (χ3v) is 2.46. The minimum Gasteiger partial charge on any atom is -0.476 e. The molecule has 0 saturated heterocycles. The SMILES string of the molecule is CC.CC.Cn1nc(C(=O)O)c2c1CCCC2=O.II. The quantitative estimate of drug-likeness (QED) is 0.569. The van der Waals surface area contributed by atoms with Crippen molar-refractivity contribution in [1.29, 1.82) is 0 Å². The molecule has 1 N–H and O–H groups in total. The van der Waals surface area contributed by atoms with E-state index in [2.05, 4.69) is 42.3 Å². The van der Waals surface area contributed by atoms with E-state index < -0.39 is 5.97 Å². The van der Waals surface area contributed by atoms with Crippen LogP contribution in [0.3, 0.4) is 0 Å². The predicted molar refractivity (Wildman–Crippen MR) is 98.2 cm³/mol. The van der Waals surface area contributed by atoms with Crippen LogP contribution >= 0.6 is 37.2 Å². The molecule has 5 nitrogen and oxygen atoms in total. The van der Waals surface area contributed by atoms with E-state index in [1.165, 1.54) is 4.68 Å². The Balaban J connectivity index is 0. The van der Waals surface area contributed by atoms with Gasteiger partial charge in [-0.1, -0.05) is 27.7 Å². The number of carboxylic acids is 1. The number of aryl methyl sites for hydroxylation is 1. The summed E-state index contributed by atoms with van der Waals surface area (Å²) in [6, 6.07) is 0. The van der Waals surface area contributed by atoms with Crippen LogP contribution in [0.5, 0.6) is 0 Å². The molecule has 2 rings (SSSR count). The Morgan fingerprint density at radius 3 is 2.15 bits per heavy atom. The number of hydrogen-bond acceptors (Lipinski definition) is 3. The van der Waals surface area contributed by atoms with E-state index in [0.717, 1.165) is 18.5 Å². The zero-order valence-electron chi connectivity index (χ0n) is 12.5. The van der Waals surface area contributed by atoms with Crippen molar-refractivity contribution >= 4 is 49.0 Å². The summed E-state index contributed by atoms with van der Waals surface area (Å²) in [7, 11) is 1.67. The maximum absolute atomic E-state index is 11.5. The van der Waals surface area contributed by atoms with Crippen molar-refractivity contribution in [2.24, 2.45) is 7.05 Å². The van der Waals surface area contributed by atoms with E-state index in [4.69, 9.17) is 5.11 Å². The van der Waals surface area contributed by atoms with Crippen LogP contribution in [0.1, 0.15) is 67.1 Å².